The third kappa shape index (κ3) is 7.80. The van der Waals surface area contributed by atoms with Crippen LogP contribution in [0, 0.1) is 5.92 Å². The number of hydrazine groups is 1. The van der Waals surface area contributed by atoms with Crippen molar-refractivity contribution in [1.29, 1.82) is 0 Å². The van der Waals surface area contributed by atoms with Crippen molar-refractivity contribution in [3.63, 3.8) is 0 Å². The molecule has 1 aromatic carbocycles. The van der Waals surface area contributed by atoms with Crippen LogP contribution in [0.3, 0.4) is 0 Å². The number of benzene rings is 1. The molecule has 1 aliphatic heterocycles. The molecule has 1 saturated heterocycles. The van der Waals surface area contributed by atoms with Crippen LogP contribution in [0.4, 0.5) is 11.5 Å². The van der Waals surface area contributed by atoms with Crippen molar-refractivity contribution in [2.75, 3.05) is 30.4 Å². The molecule has 2 aromatic rings. The normalized spacial score (nSPS) is 21.6. The highest BCUT2D eigenvalue weighted by atomic mass is 35.5. The maximum atomic E-state index is 12.6. The fraction of sp³-hybridized carbons (Fsp3) is 0.552. The lowest BCUT2D eigenvalue weighted by molar-refractivity contribution is 0.0941. The summed E-state index contributed by atoms with van der Waals surface area (Å²) in [4.78, 5) is 19.3. The van der Waals surface area contributed by atoms with Crippen LogP contribution in [0.5, 0.6) is 0 Å². The van der Waals surface area contributed by atoms with Gasteiger partial charge in [-0.3, -0.25) is 20.5 Å². The van der Waals surface area contributed by atoms with Crippen molar-refractivity contribution < 1.29 is 4.79 Å². The Labute approximate surface area is 237 Å². The summed E-state index contributed by atoms with van der Waals surface area (Å²) in [5.74, 6) is 1.81. The lowest BCUT2D eigenvalue weighted by Gasteiger charge is -2.28. The van der Waals surface area contributed by atoms with E-state index in [9.17, 15) is 4.79 Å². The van der Waals surface area contributed by atoms with Crippen LogP contribution < -0.4 is 21.5 Å². The highest BCUT2D eigenvalue weighted by molar-refractivity contribution is 7.80. The number of amides is 1. The smallest absolute Gasteiger partial charge is 0.252 e. The Balaban J connectivity index is 1.21. The van der Waals surface area contributed by atoms with Gasteiger partial charge >= 0.3 is 0 Å². The minimum atomic E-state index is -0.170. The molecule has 0 unspecified atom stereocenters. The average molecular weight is 557 g/mol. The maximum absolute atomic E-state index is 12.6. The Bertz CT molecular complexity index is 1070. The van der Waals surface area contributed by atoms with E-state index in [2.05, 4.69) is 69.5 Å². The third-order valence-corrected chi connectivity index (χ3v) is 8.48. The van der Waals surface area contributed by atoms with Gasteiger partial charge in [0, 0.05) is 24.5 Å². The molecule has 2 aliphatic rings. The number of nitrogens with zero attached hydrogens (tertiary/aromatic N) is 2. The first kappa shape index (κ1) is 28.6. The molecule has 0 radical (unpaired) electrons. The van der Waals surface area contributed by atoms with Crippen molar-refractivity contribution in [3.05, 3.63) is 52.7 Å². The predicted molar refractivity (Wildman–Crippen MR) is 161 cm³/mol. The zero-order chi connectivity index (χ0) is 26.9. The predicted octanol–water partition coefficient (Wildman–Crippen LogP) is 6.34. The van der Waals surface area contributed by atoms with E-state index in [0.29, 0.717) is 40.0 Å². The Morgan fingerprint density at radius 1 is 1.13 bits per heavy atom. The summed E-state index contributed by atoms with van der Waals surface area (Å²) in [6.45, 7) is 7.17. The molecule has 1 aromatic heterocycles. The van der Waals surface area contributed by atoms with Crippen LogP contribution in [0.1, 0.15) is 87.1 Å². The van der Waals surface area contributed by atoms with Crippen LogP contribution in [0.25, 0.3) is 0 Å². The number of hydrogen-bond donors (Lipinski definition) is 4. The minimum Gasteiger partial charge on any atom is -0.350 e. The van der Waals surface area contributed by atoms with Gasteiger partial charge in [0.1, 0.15) is 0 Å². The summed E-state index contributed by atoms with van der Waals surface area (Å²) in [7, 11) is 0. The molecule has 206 valence electrons. The largest absolute Gasteiger partial charge is 0.350 e. The van der Waals surface area contributed by atoms with E-state index in [4.69, 9.17) is 23.8 Å². The molecule has 4 rings (SSSR count). The molecule has 1 amide bonds. The van der Waals surface area contributed by atoms with E-state index in [-0.39, 0.29) is 5.91 Å². The molecule has 1 saturated carbocycles. The van der Waals surface area contributed by atoms with Crippen LogP contribution in [0.2, 0.25) is 5.02 Å². The molecule has 38 heavy (non-hydrogen) atoms. The van der Waals surface area contributed by atoms with Gasteiger partial charge in [0.15, 0.2) is 10.9 Å². The number of hydrogen-bond acceptors (Lipinski definition) is 5. The Morgan fingerprint density at radius 2 is 1.89 bits per heavy atom. The highest BCUT2D eigenvalue weighted by Gasteiger charge is 2.24. The first-order valence-corrected chi connectivity index (χ1v) is 14.9. The Kier molecular flexibility index (Phi) is 10.6. The highest BCUT2D eigenvalue weighted by Crippen LogP contribution is 2.37. The summed E-state index contributed by atoms with van der Waals surface area (Å²) >= 11 is 11.8. The SMILES string of the molecule is CCCC1CCC(c2ccc(NC(=S)NNc3ncc(C(=O)NC[C@@H]4CCCN4CC)cc3Cl)cc2)CC1. The summed E-state index contributed by atoms with van der Waals surface area (Å²) in [5.41, 5.74) is 8.62. The second-order valence-electron chi connectivity index (χ2n) is 10.5. The van der Waals surface area contributed by atoms with Crippen molar-refractivity contribution in [2.45, 2.75) is 77.2 Å². The zero-order valence-corrected chi connectivity index (χ0v) is 24.1. The number of halogens is 1. The summed E-state index contributed by atoms with van der Waals surface area (Å²) < 4.78 is 0. The molecule has 2 fully saturated rings. The molecule has 9 heteroatoms. The lowest BCUT2D eigenvalue weighted by atomic mass is 9.77. The molecular formula is C29H41ClN6OS. The van der Waals surface area contributed by atoms with E-state index >= 15 is 0 Å². The van der Waals surface area contributed by atoms with Crippen LogP contribution in [-0.2, 0) is 0 Å². The van der Waals surface area contributed by atoms with Crippen molar-refractivity contribution in [1.82, 2.24) is 20.6 Å². The molecule has 1 atom stereocenters. The second-order valence-corrected chi connectivity index (χ2v) is 11.3. The third-order valence-electron chi connectivity index (χ3n) is 7.98. The lowest BCUT2D eigenvalue weighted by Crippen LogP contribution is -2.40. The average Bonchev–Trinajstić information content (AvgIpc) is 3.40. The Morgan fingerprint density at radius 3 is 2.58 bits per heavy atom. The topological polar surface area (TPSA) is 81.3 Å². The van der Waals surface area contributed by atoms with E-state index in [1.165, 1.54) is 56.7 Å². The zero-order valence-electron chi connectivity index (χ0n) is 22.6. The monoisotopic (exact) mass is 556 g/mol. The minimum absolute atomic E-state index is 0.170. The van der Waals surface area contributed by atoms with Gasteiger partial charge in [0.2, 0.25) is 0 Å². The fourth-order valence-corrected chi connectivity index (χ4v) is 6.20. The Hall–Kier alpha value is -2.42. The summed E-state index contributed by atoms with van der Waals surface area (Å²) in [6, 6.07) is 10.6. The van der Waals surface area contributed by atoms with Crippen LogP contribution in [-0.4, -0.2) is 46.6 Å². The van der Waals surface area contributed by atoms with Crippen molar-refractivity contribution >= 4 is 46.3 Å². The number of nitrogens with one attached hydrogen (secondary N) is 4. The number of pyridine rings is 1. The van der Waals surface area contributed by atoms with E-state index in [1.54, 1.807) is 6.07 Å². The van der Waals surface area contributed by atoms with Gasteiger partial charge in [-0.05, 0) is 99.4 Å². The number of carbonyl (C=O) groups excluding carboxylic acids is 1. The van der Waals surface area contributed by atoms with E-state index in [0.717, 1.165) is 31.1 Å². The van der Waals surface area contributed by atoms with Crippen molar-refractivity contribution in [3.8, 4) is 0 Å². The molecule has 0 bridgehead atoms. The van der Waals surface area contributed by atoms with Gasteiger partial charge in [-0.2, -0.15) is 0 Å². The quantitative estimate of drug-likeness (QED) is 0.201. The van der Waals surface area contributed by atoms with Gasteiger partial charge < -0.3 is 10.6 Å². The van der Waals surface area contributed by atoms with Gasteiger partial charge in [-0.1, -0.05) is 50.4 Å². The second kappa shape index (κ2) is 14.1. The molecular weight excluding hydrogens is 516 g/mol. The number of anilines is 2. The van der Waals surface area contributed by atoms with E-state index in [1.807, 2.05) is 0 Å². The van der Waals surface area contributed by atoms with E-state index < -0.39 is 0 Å². The van der Waals surface area contributed by atoms with Gasteiger partial charge in [-0.25, -0.2) is 4.98 Å². The van der Waals surface area contributed by atoms with Gasteiger partial charge in [0.25, 0.3) is 5.91 Å². The summed E-state index contributed by atoms with van der Waals surface area (Å²) in [5, 5.41) is 6.93. The molecule has 1 aliphatic carbocycles. The number of likely N-dealkylation sites (tertiary alicyclic amines) is 1. The van der Waals surface area contributed by atoms with Crippen LogP contribution >= 0.6 is 23.8 Å². The summed E-state index contributed by atoms with van der Waals surface area (Å²) in [6.07, 6.45) is 11.7. The number of rotatable bonds is 10. The van der Waals surface area contributed by atoms with Crippen LogP contribution in [0.15, 0.2) is 36.5 Å². The fourth-order valence-electron chi connectivity index (χ4n) is 5.82. The first-order chi connectivity index (χ1) is 18.5. The van der Waals surface area contributed by atoms with Gasteiger partial charge in [-0.15, -0.1) is 0 Å². The van der Waals surface area contributed by atoms with Crippen molar-refractivity contribution in [2.24, 2.45) is 5.92 Å². The standard InChI is InChI=1S/C29H41ClN6OS/c1-3-6-20-8-10-21(11-9-20)22-12-14-24(15-13-22)33-29(38)35-34-27-26(30)17-23(18-31-27)28(37)32-19-25-7-5-16-36(25)4-2/h12-15,17-18,20-21,25H,3-11,16,19H2,1-2H3,(H,31,34)(H,32,37)(H2,33,35,38)/t20?,21?,25-/m0/s1. The molecule has 0 spiro atoms. The molecule has 4 N–H and O–H groups in total. The number of aromatic nitrogens is 1. The molecule has 7 nitrogen and oxygen atoms in total. The molecule has 2 heterocycles. The number of thiocarbonyl (C=S) groups is 1. The van der Waals surface area contributed by atoms with Gasteiger partial charge in [0.05, 0.1) is 10.6 Å². The number of carbonyl (C=O) groups is 1. The first-order valence-electron chi connectivity index (χ1n) is 14.1. The number of likely N-dealkylation sites (N-methyl/N-ethyl adjacent to an activating group) is 1. The maximum Gasteiger partial charge on any atom is 0.252 e.